The second-order valence-electron chi connectivity index (χ2n) is 9.46. The van der Waals surface area contributed by atoms with E-state index in [-0.39, 0.29) is 24.7 Å². The molecule has 8 nitrogen and oxygen atoms in total. The number of aliphatic hydroxyl groups is 2. The van der Waals surface area contributed by atoms with Gasteiger partial charge in [-0.15, -0.1) is 0 Å². The van der Waals surface area contributed by atoms with Crippen LogP contribution in [0.2, 0.25) is 0 Å². The Hall–Kier alpha value is -2.46. The predicted molar refractivity (Wildman–Crippen MR) is 141 cm³/mol. The van der Waals surface area contributed by atoms with Gasteiger partial charge < -0.3 is 19.7 Å². The lowest BCUT2D eigenvalue weighted by molar-refractivity contribution is -0.129. The maximum absolute atomic E-state index is 13.7. The first-order chi connectivity index (χ1) is 17.4. The van der Waals surface area contributed by atoms with E-state index in [1.807, 2.05) is 55.5 Å². The zero-order valence-corrected chi connectivity index (χ0v) is 22.0. The second-order valence-corrected chi connectivity index (χ2v) is 10.4. The van der Waals surface area contributed by atoms with Gasteiger partial charge in [0.05, 0.1) is 12.7 Å². The molecular formula is C27H34BrN3O5. The summed E-state index contributed by atoms with van der Waals surface area (Å²) in [5.41, 5.74) is 6.67. The third-order valence-corrected chi connectivity index (χ3v) is 7.33. The molecule has 2 atom stereocenters. The minimum atomic E-state index is -1.15. The molecule has 4 rings (SSSR count). The van der Waals surface area contributed by atoms with Gasteiger partial charge in [-0.05, 0) is 74.6 Å². The number of carbonyl (C=O) groups excluding carboxylic acids is 1. The standard InChI is InChI=1S/C27H34BrN3O5/c1-18-27(17-19-3-7-21(28)8-4-19,26(34)31-30-22-9-11-23(33)12-10-22)29-25(36-18)20-5-13-24(14-6-20)35-16-2-15-32/h3-8,13-14,18,22-23,30,32-33H,2,9-12,15-17H2,1H3,(H,31,34)/t18-,22?,23?,27-/m0/s1. The molecule has 0 aromatic heterocycles. The van der Waals surface area contributed by atoms with Crippen LogP contribution in [-0.2, 0) is 16.0 Å². The number of benzene rings is 2. The fourth-order valence-electron chi connectivity index (χ4n) is 4.55. The highest BCUT2D eigenvalue weighted by Gasteiger charge is 2.50. The molecule has 36 heavy (non-hydrogen) atoms. The fraction of sp³-hybridized carbons (Fsp3) is 0.481. The number of nitrogens with one attached hydrogen (secondary N) is 2. The molecule has 4 N–H and O–H groups in total. The predicted octanol–water partition coefficient (Wildman–Crippen LogP) is 3.28. The van der Waals surface area contributed by atoms with Crippen molar-refractivity contribution in [2.45, 2.75) is 69.2 Å². The number of hydrogen-bond acceptors (Lipinski definition) is 7. The van der Waals surface area contributed by atoms with Crippen molar-refractivity contribution in [2.24, 2.45) is 4.99 Å². The van der Waals surface area contributed by atoms with Crippen LogP contribution >= 0.6 is 15.9 Å². The smallest absolute Gasteiger partial charge is 0.266 e. The first-order valence-corrected chi connectivity index (χ1v) is 13.3. The molecule has 0 saturated heterocycles. The lowest BCUT2D eigenvalue weighted by atomic mass is 9.86. The van der Waals surface area contributed by atoms with Crippen LogP contribution in [0.15, 0.2) is 58.0 Å². The molecule has 1 aliphatic heterocycles. The van der Waals surface area contributed by atoms with Crippen LogP contribution in [0, 0.1) is 0 Å². The summed E-state index contributed by atoms with van der Waals surface area (Å²) in [6.45, 7) is 2.40. The number of amides is 1. The van der Waals surface area contributed by atoms with E-state index < -0.39 is 11.6 Å². The Bertz CT molecular complexity index is 1040. The lowest BCUT2D eigenvalue weighted by Crippen LogP contribution is -2.58. The largest absolute Gasteiger partial charge is 0.494 e. The molecule has 1 aliphatic carbocycles. The number of rotatable bonds is 10. The van der Waals surface area contributed by atoms with E-state index >= 15 is 0 Å². The number of ether oxygens (including phenoxy) is 2. The molecule has 2 aromatic rings. The topological polar surface area (TPSA) is 112 Å². The molecule has 0 spiro atoms. The van der Waals surface area contributed by atoms with Gasteiger partial charge in [-0.3, -0.25) is 10.2 Å². The first kappa shape index (κ1) is 26.6. The van der Waals surface area contributed by atoms with Crippen molar-refractivity contribution in [3.8, 4) is 5.75 Å². The average Bonchev–Trinajstić information content (AvgIpc) is 3.22. The Balaban J connectivity index is 1.55. The van der Waals surface area contributed by atoms with Gasteiger partial charge in [0, 0.05) is 35.5 Å². The van der Waals surface area contributed by atoms with Crippen molar-refractivity contribution in [1.82, 2.24) is 10.9 Å². The number of aliphatic imine (C=N–C) groups is 1. The molecule has 0 unspecified atom stereocenters. The Morgan fingerprint density at radius 1 is 1.14 bits per heavy atom. The maximum Gasteiger partial charge on any atom is 0.266 e. The van der Waals surface area contributed by atoms with Gasteiger partial charge in [0.15, 0.2) is 5.54 Å². The summed E-state index contributed by atoms with van der Waals surface area (Å²) >= 11 is 3.47. The molecule has 0 radical (unpaired) electrons. The monoisotopic (exact) mass is 559 g/mol. The number of halogens is 1. The van der Waals surface area contributed by atoms with E-state index in [2.05, 4.69) is 26.8 Å². The molecule has 1 saturated carbocycles. The van der Waals surface area contributed by atoms with Crippen LogP contribution in [0.5, 0.6) is 5.75 Å². The molecule has 1 amide bonds. The minimum absolute atomic E-state index is 0.0840. The molecule has 1 fully saturated rings. The van der Waals surface area contributed by atoms with E-state index in [9.17, 15) is 9.90 Å². The molecule has 9 heteroatoms. The normalized spacial score (nSPS) is 25.7. The highest BCUT2D eigenvalue weighted by atomic mass is 79.9. The summed E-state index contributed by atoms with van der Waals surface area (Å²) in [6.07, 6.45) is 3.24. The summed E-state index contributed by atoms with van der Waals surface area (Å²) < 4.78 is 12.8. The van der Waals surface area contributed by atoms with Crippen molar-refractivity contribution >= 4 is 27.7 Å². The Morgan fingerprint density at radius 3 is 2.50 bits per heavy atom. The second kappa shape index (κ2) is 12.2. The van der Waals surface area contributed by atoms with Gasteiger partial charge in [0.25, 0.3) is 5.91 Å². The van der Waals surface area contributed by atoms with E-state index in [1.54, 1.807) is 0 Å². The van der Waals surface area contributed by atoms with Crippen LogP contribution in [0.25, 0.3) is 0 Å². The first-order valence-electron chi connectivity index (χ1n) is 12.5. The average molecular weight is 560 g/mol. The van der Waals surface area contributed by atoms with Gasteiger partial charge in [-0.1, -0.05) is 28.1 Å². The third-order valence-electron chi connectivity index (χ3n) is 6.80. The van der Waals surface area contributed by atoms with Crippen molar-refractivity contribution in [3.63, 3.8) is 0 Å². The van der Waals surface area contributed by atoms with Gasteiger partial charge >= 0.3 is 0 Å². The van der Waals surface area contributed by atoms with Crippen LogP contribution in [0.1, 0.15) is 50.2 Å². The van der Waals surface area contributed by atoms with Crippen LogP contribution in [0.3, 0.4) is 0 Å². The Morgan fingerprint density at radius 2 is 1.83 bits per heavy atom. The summed E-state index contributed by atoms with van der Waals surface area (Å²) in [6, 6.07) is 15.4. The highest BCUT2D eigenvalue weighted by molar-refractivity contribution is 9.10. The number of hydrazine groups is 1. The van der Waals surface area contributed by atoms with Crippen molar-refractivity contribution in [1.29, 1.82) is 0 Å². The van der Waals surface area contributed by atoms with Gasteiger partial charge in [0.1, 0.15) is 11.9 Å². The van der Waals surface area contributed by atoms with E-state index in [0.717, 1.165) is 41.3 Å². The van der Waals surface area contributed by atoms with Crippen molar-refractivity contribution in [2.75, 3.05) is 13.2 Å². The molecule has 1 heterocycles. The van der Waals surface area contributed by atoms with Gasteiger partial charge in [-0.25, -0.2) is 10.4 Å². The highest BCUT2D eigenvalue weighted by Crippen LogP contribution is 2.33. The lowest BCUT2D eigenvalue weighted by Gasteiger charge is -2.31. The van der Waals surface area contributed by atoms with Gasteiger partial charge in [-0.2, -0.15) is 0 Å². The SMILES string of the molecule is C[C@@H]1OC(c2ccc(OCCCO)cc2)=N[C@]1(Cc1ccc(Br)cc1)C(=O)NNC1CCC(O)CC1. The zero-order chi connectivity index (χ0) is 25.5. The fourth-order valence-corrected chi connectivity index (χ4v) is 4.82. The molecule has 2 aromatic carbocycles. The van der Waals surface area contributed by atoms with E-state index in [1.165, 1.54) is 0 Å². The maximum atomic E-state index is 13.7. The molecule has 0 bridgehead atoms. The summed E-state index contributed by atoms with van der Waals surface area (Å²) in [7, 11) is 0. The molecular weight excluding hydrogens is 526 g/mol. The Labute approximate surface area is 220 Å². The number of nitrogens with zero attached hydrogens (tertiary/aromatic N) is 1. The quantitative estimate of drug-likeness (QED) is 0.262. The summed E-state index contributed by atoms with van der Waals surface area (Å²) in [5.74, 6) is 0.861. The van der Waals surface area contributed by atoms with E-state index in [0.29, 0.717) is 31.1 Å². The number of aliphatic hydroxyl groups excluding tert-OH is 2. The van der Waals surface area contributed by atoms with Crippen LogP contribution in [-0.4, -0.2) is 59.0 Å². The third kappa shape index (κ3) is 6.45. The number of carbonyl (C=O) groups is 1. The summed E-state index contributed by atoms with van der Waals surface area (Å²) in [4.78, 5) is 18.6. The van der Waals surface area contributed by atoms with Crippen LogP contribution in [0.4, 0.5) is 0 Å². The van der Waals surface area contributed by atoms with Crippen LogP contribution < -0.4 is 15.6 Å². The minimum Gasteiger partial charge on any atom is -0.494 e. The van der Waals surface area contributed by atoms with Gasteiger partial charge in [0.2, 0.25) is 5.90 Å². The molecule has 2 aliphatic rings. The van der Waals surface area contributed by atoms with Crippen molar-refractivity contribution in [3.05, 3.63) is 64.1 Å². The summed E-state index contributed by atoms with van der Waals surface area (Å²) in [5, 5.41) is 18.7. The van der Waals surface area contributed by atoms with E-state index in [4.69, 9.17) is 19.6 Å². The van der Waals surface area contributed by atoms with Crippen molar-refractivity contribution < 1.29 is 24.5 Å². The Kier molecular flexibility index (Phi) is 9.00. The molecule has 194 valence electrons. The number of hydrogen-bond donors (Lipinski definition) is 4. The zero-order valence-electron chi connectivity index (χ0n) is 20.5.